The molecule has 0 aromatic heterocycles. The van der Waals surface area contributed by atoms with Gasteiger partial charge in [0.05, 0.1) is 0 Å². The Balaban J connectivity index is 2.53. The molecule has 2 fully saturated rings. The standard InChI is InChI=1S/C13H23NO/c1-2-3-4-7-13-8-5-6-11(14-13)9-12(15)10-13/h11,14H,2-10H2,1H3/t11?,13-/m0/s1/i1D3,2D2,3D2,4D2,7D2. The van der Waals surface area contributed by atoms with Crippen LogP contribution in [0.1, 0.15) is 79.5 Å². The van der Waals surface area contributed by atoms with E-state index in [1.807, 2.05) is 0 Å². The molecule has 0 saturated carbocycles. The van der Waals surface area contributed by atoms with Crippen LogP contribution in [0.3, 0.4) is 0 Å². The summed E-state index contributed by atoms with van der Waals surface area (Å²) in [5.41, 5.74) is -1.70. The van der Waals surface area contributed by atoms with Gasteiger partial charge in [0.15, 0.2) is 0 Å². The molecule has 2 aliphatic heterocycles. The van der Waals surface area contributed by atoms with Gasteiger partial charge in [-0.2, -0.15) is 0 Å². The van der Waals surface area contributed by atoms with Crippen LogP contribution in [0.15, 0.2) is 0 Å². The number of hydrogen-bond acceptors (Lipinski definition) is 2. The third-order valence-corrected chi connectivity index (χ3v) is 3.04. The lowest BCUT2D eigenvalue weighted by atomic mass is 9.73. The maximum Gasteiger partial charge on any atom is 0.136 e. The van der Waals surface area contributed by atoms with Crippen LogP contribution in [0.5, 0.6) is 0 Å². The van der Waals surface area contributed by atoms with Crippen molar-refractivity contribution in [2.75, 3.05) is 0 Å². The van der Waals surface area contributed by atoms with Crippen LogP contribution in [0.2, 0.25) is 0 Å². The summed E-state index contributed by atoms with van der Waals surface area (Å²) < 4.78 is 86.1. The van der Waals surface area contributed by atoms with E-state index < -0.39 is 37.9 Å². The molecule has 0 aliphatic carbocycles. The average molecular weight is 220 g/mol. The zero-order valence-electron chi connectivity index (χ0n) is 19.5. The van der Waals surface area contributed by atoms with Gasteiger partial charge in [-0.1, -0.05) is 32.4 Å². The quantitative estimate of drug-likeness (QED) is 0.789. The minimum absolute atomic E-state index is 0.0780. The van der Waals surface area contributed by atoms with Gasteiger partial charge in [-0.05, 0) is 19.2 Å². The lowest BCUT2D eigenvalue weighted by Gasteiger charge is -2.46. The first-order valence-electron chi connectivity index (χ1n) is 10.7. The summed E-state index contributed by atoms with van der Waals surface area (Å²) in [6, 6.07) is -0.346. The molecule has 15 heavy (non-hydrogen) atoms. The van der Waals surface area contributed by atoms with Crippen molar-refractivity contribution in [1.82, 2.24) is 5.32 Å². The summed E-state index contributed by atoms with van der Waals surface area (Å²) in [6.45, 7) is -3.50. The molecule has 0 aromatic carbocycles. The Morgan fingerprint density at radius 3 is 3.47 bits per heavy atom. The second-order valence-electron chi connectivity index (χ2n) is 4.24. The van der Waals surface area contributed by atoms with Crippen LogP contribution in [0.25, 0.3) is 0 Å². The Kier molecular flexibility index (Phi) is 1.19. The molecule has 2 nitrogen and oxygen atoms in total. The van der Waals surface area contributed by atoms with Gasteiger partial charge in [0.2, 0.25) is 0 Å². The predicted molar refractivity (Wildman–Crippen MR) is 61.9 cm³/mol. The number of piperidine rings is 2. The van der Waals surface area contributed by atoms with Crippen molar-refractivity contribution >= 4 is 5.78 Å². The van der Waals surface area contributed by atoms with Gasteiger partial charge in [-0.3, -0.25) is 4.79 Å². The van der Waals surface area contributed by atoms with E-state index in [1.54, 1.807) is 0 Å². The van der Waals surface area contributed by atoms with Crippen molar-refractivity contribution in [3.05, 3.63) is 0 Å². The molecule has 0 radical (unpaired) electrons. The molecule has 2 heteroatoms. The molecule has 0 spiro atoms. The first-order chi connectivity index (χ1) is 11.4. The zero-order valence-corrected chi connectivity index (χ0v) is 8.52. The molecule has 1 N–H and O–H groups in total. The Bertz CT molecular complexity index is 585. The Labute approximate surface area is 108 Å². The first-order valence-corrected chi connectivity index (χ1v) is 5.22. The largest absolute Gasteiger partial charge is 0.308 e. The number of ketones is 1. The number of rotatable bonds is 4. The fourth-order valence-corrected chi connectivity index (χ4v) is 2.49. The van der Waals surface area contributed by atoms with E-state index >= 15 is 0 Å². The Morgan fingerprint density at radius 1 is 1.67 bits per heavy atom. The molecular formula is C13H23NO. The summed E-state index contributed by atoms with van der Waals surface area (Å²) in [4.78, 5) is 12.1. The highest BCUT2D eigenvalue weighted by Crippen LogP contribution is 2.35. The van der Waals surface area contributed by atoms with Gasteiger partial charge < -0.3 is 5.32 Å². The van der Waals surface area contributed by atoms with Crippen LogP contribution >= 0.6 is 0 Å². The molecule has 2 saturated heterocycles. The molecule has 2 rings (SSSR count). The topological polar surface area (TPSA) is 29.1 Å². The monoisotopic (exact) mass is 220 g/mol. The molecule has 1 unspecified atom stereocenters. The van der Waals surface area contributed by atoms with Crippen molar-refractivity contribution < 1.29 is 19.9 Å². The maximum absolute atomic E-state index is 12.1. The Hall–Kier alpha value is -0.370. The number of fused-ring (bicyclic) bond motifs is 2. The maximum atomic E-state index is 12.1. The summed E-state index contributed by atoms with van der Waals surface area (Å²) in [7, 11) is 0. The molecule has 2 heterocycles. The second-order valence-corrected chi connectivity index (χ2v) is 4.24. The van der Waals surface area contributed by atoms with Gasteiger partial charge in [0, 0.05) is 39.5 Å². The molecular weight excluding hydrogens is 186 g/mol. The van der Waals surface area contributed by atoms with Crippen LogP contribution in [-0.2, 0) is 4.79 Å². The first kappa shape index (κ1) is 3.83. The van der Waals surface area contributed by atoms with Crippen molar-refractivity contribution in [1.29, 1.82) is 0 Å². The van der Waals surface area contributed by atoms with E-state index in [1.165, 1.54) is 0 Å². The highest BCUT2D eigenvalue weighted by molar-refractivity contribution is 5.81. The number of carbonyl (C=O) groups excluding carboxylic acids is 1. The van der Waals surface area contributed by atoms with Gasteiger partial charge in [0.25, 0.3) is 0 Å². The van der Waals surface area contributed by atoms with Crippen molar-refractivity contribution in [3.63, 3.8) is 0 Å². The van der Waals surface area contributed by atoms with E-state index in [0.717, 1.165) is 0 Å². The van der Waals surface area contributed by atoms with Crippen molar-refractivity contribution in [2.45, 2.75) is 76.0 Å². The number of hydrogen-bond donors (Lipinski definition) is 1. The number of nitrogens with one attached hydrogen (secondary N) is 1. The number of Topliss-reactive ketones (excluding diaryl/α,β-unsaturated/α-hetero) is 1. The predicted octanol–water partition coefficient (Wildman–Crippen LogP) is 2.81. The SMILES string of the molecule is [2H]C([2H])([2H])C([2H])([2H])C([2H])([2H])C([2H])([2H])C([2H])([2H])[C@]12CCCC(CC(=O)C1)N2. The van der Waals surface area contributed by atoms with E-state index in [-0.39, 0.29) is 31.1 Å². The highest BCUT2D eigenvalue weighted by Gasteiger charge is 2.41. The van der Waals surface area contributed by atoms with E-state index in [9.17, 15) is 4.79 Å². The molecule has 86 valence electrons. The lowest BCUT2D eigenvalue weighted by Crippen LogP contribution is -2.58. The normalized spacial score (nSPS) is 51.1. The molecule has 0 aromatic rings. The third kappa shape index (κ3) is 2.60. The van der Waals surface area contributed by atoms with Crippen molar-refractivity contribution in [3.8, 4) is 0 Å². The van der Waals surface area contributed by atoms with E-state index in [4.69, 9.17) is 15.1 Å². The fourth-order valence-electron chi connectivity index (χ4n) is 2.49. The minimum Gasteiger partial charge on any atom is -0.308 e. The van der Waals surface area contributed by atoms with Crippen molar-refractivity contribution in [2.24, 2.45) is 0 Å². The van der Waals surface area contributed by atoms with Crippen LogP contribution in [0, 0.1) is 0 Å². The second kappa shape index (κ2) is 4.65. The van der Waals surface area contributed by atoms with E-state index in [2.05, 4.69) is 5.32 Å². The molecule has 2 atom stereocenters. The fraction of sp³-hybridized carbons (Fsp3) is 0.923. The zero-order chi connectivity index (χ0) is 20.4. The summed E-state index contributed by atoms with van der Waals surface area (Å²) in [6.07, 6.45) is -12.8. The third-order valence-electron chi connectivity index (χ3n) is 3.04. The minimum atomic E-state index is -3.68. The number of carbonyl (C=O) groups is 1. The summed E-state index contributed by atoms with van der Waals surface area (Å²) in [5.74, 6) is -0.271. The van der Waals surface area contributed by atoms with Gasteiger partial charge >= 0.3 is 0 Å². The molecule has 2 aliphatic rings. The van der Waals surface area contributed by atoms with E-state index in [0.29, 0.717) is 12.8 Å². The Morgan fingerprint density at radius 2 is 2.60 bits per heavy atom. The summed E-state index contributed by atoms with van der Waals surface area (Å²) >= 11 is 0. The molecule has 0 amide bonds. The lowest BCUT2D eigenvalue weighted by molar-refractivity contribution is -0.124. The average Bonchev–Trinajstić information content (AvgIpc) is 2.44. The smallest absolute Gasteiger partial charge is 0.136 e. The summed E-state index contributed by atoms with van der Waals surface area (Å²) in [5, 5.41) is 2.94. The highest BCUT2D eigenvalue weighted by atomic mass is 16.1. The van der Waals surface area contributed by atoms with Crippen LogP contribution in [0.4, 0.5) is 0 Å². The molecule has 2 bridgehead atoms. The van der Waals surface area contributed by atoms with Gasteiger partial charge in [-0.25, -0.2) is 0 Å². The van der Waals surface area contributed by atoms with Crippen LogP contribution in [-0.4, -0.2) is 17.4 Å². The van der Waals surface area contributed by atoms with Gasteiger partial charge in [-0.15, -0.1) is 0 Å². The van der Waals surface area contributed by atoms with Gasteiger partial charge in [0.1, 0.15) is 5.78 Å². The van der Waals surface area contributed by atoms with Crippen LogP contribution < -0.4 is 5.32 Å².